The molecule has 8 nitrogen and oxygen atoms in total. The molecule has 4 aromatic heterocycles. The third-order valence-corrected chi connectivity index (χ3v) is 4.84. The first-order valence-electron chi connectivity index (χ1n) is 9.41. The number of hydrogen-bond donors (Lipinski definition) is 0. The van der Waals surface area contributed by atoms with Gasteiger partial charge in [-0.05, 0) is 29.8 Å². The fourth-order valence-corrected chi connectivity index (χ4v) is 3.33. The summed E-state index contributed by atoms with van der Waals surface area (Å²) in [6.07, 6.45) is 8.92. The number of pyridine rings is 2. The molecule has 1 saturated heterocycles. The van der Waals surface area contributed by atoms with Gasteiger partial charge in [0, 0.05) is 43.4 Å². The second-order valence-corrected chi connectivity index (χ2v) is 6.67. The first kappa shape index (κ1) is 17.4. The van der Waals surface area contributed by atoms with E-state index in [1.54, 1.807) is 29.3 Å². The van der Waals surface area contributed by atoms with E-state index in [0.717, 1.165) is 46.8 Å². The van der Waals surface area contributed by atoms with Crippen molar-refractivity contribution in [1.29, 1.82) is 0 Å². The minimum atomic E-state index is 0.502. The average molecular weight is 385 g/mol. The van der Waals surface area contributed by atoms with Crippen LogP contribution < -0.4 is 4.90 Å². The van der Waals surface area contributed by atoms with Crippen LogP contribution in [-0.4, -0.2) is 56.0 Å². The van der Waals surface area contributed by atoms with E-state index in [1.165, 1.54) is 0 Å². The molecular weight excluding hydrogens is 366 g/mol. The molecule has 0 radical (unpaired) electrons. The van der Waals surface area contributed by atoms with E-state index in [4.69, 9.17) is 14.7 Å². The summed E-state index contributed by atoms with van der Waals surface area (Å²) in [4.78, 5) is 20.4. The largest absolute Gasteiger partial charge is 0.378 e. The fourth-order valence-electron chi connectivity index (χ4n) is 3.33. The molecule has 0 unspecified atom stereocenters. The van der Waals surface area contributed by atoms with Crippen molar-refractivity contribution < 1.29 is 4.74 Å². The Bertz CT molecular complexity index is 1170. The Morgan fingerprint density at radius 1 is 1.07 bits per heavy atom. The zero-order valence-corrected chi connectivity index (χ0v) is 15.8. The summed E-state index contributed by atoms with van der Waals surface area (Å²) in [5, 5.41) is 4.67. The monoisotopic (exact) mass is 385 g/mol. The summed E-state index contributed by atoms with van der Waals surface area (Å²) in [7, 11) is 0. The molecule has 0 bridgehead atoms. The highest BCUT2D eigenvalue weighted by molar-refractivity contribution is 5.87. The molecule has 0 atom stereocenters. The maximum atomic E-state index is 5.50. The molecule has 0 N–H and O–H groups in total. The molecule has 5 heterocycles. The molecule has 1 fully saturated rings. The maximum Gasteiger partial charge on any atom is 0.253 e. The number of ether oxygens (including phenoxy) is 1. The summed E-state index contributed by atoms with van der Waals surface area (Å²) < 4.78 is 7.19. The quantitative estimate of drug-likeness (QED) is 0.534. The highest BCUT2D eigenvalue weighted by Gasteiger charge is 2.19. The van der Waals surface area contributed by atoms with Gasteiger partial charge in [0.15, 0.2) is 5.82 Å². The minimum Gasteiger partial charge on any atom is -0.378 e. The van der Waals surface area contributed by atoms with Crippen LogP contribution in [0.4, 0.5) is 5.82 Å². The van der Waals surface area contributed by atoms with Crippen molar-refractivity contribution in [2.24, 2.45) is 0 Å². The van der Waals surface area contributed by atoms with Gasteiger partial charge in [-0.15, -0.1) is 0 Å². The third kappa shape index (κ3) is 3.34. The Labute approximate surface area is 167 Å². The average Bonchev–Trinajstić information content (AvgIpc) is 3.29. The SMILES string of the molecule is C=Cc1cnc2c(N3CCOCC3)nc(-n3ccc(-c4ccncc4)n3)nc2c1. The van der Waals surface area contributed by atoms with Gasteiger partial charge in [0.2, 0.25) is 0 Å². The number of morpholine rings is 1. The Morgan fingerprint density at radius 2 is 1.90 bits per heavy atom. The molecule has 0 amide bonds. The Morgan fingerprint density at radius 3 is 2.69 bits per heavy atom. The van der Waals surface area contributed by atoms with Crippen LogP contribution in [0, 0.1) is 0 Å². The molecule has 0 spiro atoms. The van der Waals surface area contributed by atoms with Gasteiger partial charge < -0.3 is 9.64 Å². The normalized spacial score (nSPS) is 14.3. The number of hydrogen-bond acceptors (Lipinski definition) is 7. The molecule has 0 aliphatic carbocycles. The van der Waals surface area contributed by atoms with Crippen LogP contribution in [0.1, 0.15) is 5.56 Å². The van der Waals surface area contributed by atoms with Crippen LogP contribution in [-0.2, 0) is 4.74 Å². The van der Waals surface area contributed by atoms with E-state index < -0.39 is 0 Å². The van der Waals surface area contributed by atoms with Crippen molar-refractivity contribution in [3.63, 3.8) is 0 Å². The predicted molar refractivity (Wildman–Crippen MR) is 111 cm³/mol. The van der Waals surface area contributed by atoms with Crippen LogP contribution in [0.15, 0.2) is 55.6 Å². The number of nitrogens with zero attached hydrogens (tertiary/aromatic N) is 7. The lowest BCUT2D eigenvalue weighted by molar-refractivity contribution is 0.122. The molecule has 4 aromatic rings. The zero-order valence-electron chi connectivity index (χ0n) is 15.8. The smallest absolute Gasteiger partial charge is 0.253 e. The predicted octanol–water partition coefficient (Wildman–Crippen LogP) is 2.75. The lowest BCUT2D eigenvalue weighted by Crippen LogP contribution is -2.37. The Hall–Kier alpha value is -3.65. The van der Waals surface area contributed by atoms with Crippen molar-refractivity contribution in [1.82, 2.24) is 29.7 Å². The Balaban J connectivity index is 1.63. The standard InChI is InChI=1S/C21H19N7O/c1-2-15-13-18-19(23-14-15)20(27-9-11-29-12-10-27)25-21(24-18)28-8-5-17(26-28)16-3-6-22-7-4-16/h2-8,13-14H,1,9-12H2. The number of anilines is 1. The van der Waals surface area contributed by atoms with Crippen LogP contribution in [0.2, 0.25) is 0 Å². The minimum absolute atomic E-state index is 0.502. The summed E-state index contributed by atoms with van der Waals surface area (Å²) >= 11 is 0. The topological polar surface area (TPSA) is 81.9 Å². The third-order valence-electron chi connectivity index (χ3n) is 4.84. The van der Waals surface area contributed by atoms with Crippen LogP contribution >= 0.6 is 0 Å². The van der Waals surface area contributed by atoms with Gasteiger partial charge in [0.05, 0.1) is 24.4 Å². The molecule has 8 heteroatoms. The number of fused-ring (bicyclic) bond motifs is 1. The van der Waals surface area contributed by atoms with Crippen molar-refractivity contribution in [3.8, 4) is 17.2 Å². The fraction of sp³-hybridized carbons (Fsp3) is 0.190. The molecule has 29 heavy (non-hydrogen) atoms. The van der Waals surface area contributed by atoms with Gasteiger partial charge in [-0.2, -0.15) is 10.1 Å². The van der Waals surface area contributed by atoms with E-state index in [9.17, 15) is 0 Å². The van der Waals surface area contributed by atoms with Gasteiger partial charge in [-0.1, -0.05) is 12.7 Å². The second kappa shape index (κ2) is 7.40. The molecule has 5 rings (SSSR count). The highest BCUT2D eigenvalue weighted by atomic mass is 16.5. The van der Waals surface area contributed by atoms with E-state index in [1.807, 2.05) is 30.5 Å². The second-order valence-electron chi connectivity index (χ2n) is 6.67. The first-order valence-corrected chi connectivity index (χ1v) is 9.41. The van der Waals surface area contributed by atoms with Gasteiger partial charge in [0.1, 0.15) is 5.52 Å². The molecular formula is C21H19N7O. The van der Waals surface area contributed by atoms with Gasteiger partial charge >= 0.3 is 0 Å². The molecule has 1 aliphatic heterocycles. The maximum absolute atomic E-state index is 5.50. The summed E-state index contributed by atoms with van der Waals surface area (Å²) in [5.41, 5.74) is 4.26. The molecule has 144 valence electrons. The molecule has 0 saturated carbocycles. The summed E-state index contributed by atoms with van der Waals surface area (Å²) in [6, 6.07) is 7.76. The number of rotatable bonds is 4. The van der Waals surface area contributed by atoms with Crippen molar-refractivity contribution in [2.45, 2.75) is 0 Å². The van der Waals surface area contributed by atoms with E-state index in [2.05, 4.69) is 26.5 Å². The highest BCUT2D eigenvalue weighted by Crippen LogP contribution is 2.25. The molecule has 0 aromatic carbocycles. The van der Waals surface area contributed by atoms with Crippen molar-refractivity contribution in [2.75, 3.05) is 31.2 Å². The lowest BCUT2D eigenvalue weighted by Gasteiger charge is -2.28. The van der Waals surface area contributed by atoms with Gasteiger partial charge in [-0.3, -0.25) is 9.97 Å². The summed E-state index contributed by atoms with van der Waals surface area (Å²) in [5.74, 6) is 1.30. The van der Waals surface area contributed by atoms with E-state index in [-0.39, 0.29) is 0 Å². The van der Waals surface area contributed by atoms with Crippen molar-refractivity contribution in [3.05, 3.63) is 61.2 Å². The Kier molecular flexibility index (Phi) is 4.45. The zero-order chi connectivity index (χ0) is 19.6. The van der Waals surface area contributed by atoms with E-state index >= 15 is 0 Å². The van der Waals surface area contributed by atoms with Crippen molar-refractivity contribution >= 4 is 22.9 Å². The van der Waals surface area contributed by atoms with Crippen LogP contribution in [0.3, 0.4) is 0 Å². The lowest BCUT2D eigenvalue weighted by atomic mass is 10.2. The molecule has 1 aliphatic rings. The van der Waals surface area contributed by atoms with Gasteiger partial charge in [0.25, 0.3) is 5.95 Å². The van der Waals surface area contributed by atoms with Crippen LogP contribution in [0.25, 0.3) is 34.3 Å². The van der Waals surface area contributed by atoms with Gasteiger partial charge in [-0.25, -0.2) is 9.67 Å². The number of aromatic nitrogens is 6. The first-order chi connectivity index (χ1) is 14.3. The van der Waals surface area contributed by atoms with E-state index in [0.29, 0.717) is 19.2 Å². The summed E-state index contributed by atoms with van der Waals surface area (Å²) in [6.45, 7) is 6.69. The van der Waals surface area contributed by atoms with Crippen LogP contribution in [0.5, 0.6) is 0 Å².